The van der Waals surface area contributed by atoms with Gasteiger partial charge >= 0.3 is 0 Å². The normalized spacial score (nSPS) is 13.7. The highest BCUT2D eigenvalue weighted by Crippen LogP contribution is 2.30. The van der Waals surface area contributed by atoms with Crippen LogP contribution >= 0.6 is 11.3 Å². The van der Waals surface area contributed by atoms with Crippen LogP contribution in [-0.2, 0) is 19.9 Å². The van der Waals surface area contributed by atoms with Crippen molar-refractivity contribution in [3.05, 3.63) is 34.1 Å². The molecule has 0 aliphatic heterocycles. The Morgan fingerprint density at radius 1 is 1.44 bits per heavy atom. The van der Waals surface area contributed by atoms with Gasteiger partial charge in [0, 0.05) is 17.6 Å². The van der Waals surface area contributed by atoms with Crippen molar-refractivity contribution in [2.45, 2.75) is 26.2 Å². The fourth-order valence-electron chi connectivity index (χ4n) is 2.25. The number of hydrogen-bond donors (Lipinski definition) is 1. The quantitative estimate of drug-likeness (QED) is 0.903. The van der Waals surface area contributed by atoms with Gasteiger partial charge in [-0.3, -0.25) is 10.1 Å². The van der Waals surface area contributed by atoms with Crippen LogP contribution in [0.1, 0.15) is 33.2 Å². The summed E-state index contributed by atoms with van der Waals surface area (Å²) in [6.45, 7) is 1.98. The van der Waals surface area contributed by atoms with Crippen LogP contribution in [0.2, 0.25) is 0 Å². The molecule has 3 rings (SSSR count). The molecule has 2 aromatic rings. The van der Waals surface area contributed by atoms with Crippen molar-refractivity contribution in [3.63, 3.8) is 0 Å². The number of hydrogen-bond acceptors (Lipinski definition) is 3. The molecule has 1 aliphatic carbocycles. The van der Waals surface area contributed by atoms with Gasteiger partial charge in [0.1, 0.15) is 5.69 Å². The molecule has 0 radical (unpaired) electrons. The van der Waals surface area contributed by atoms with Crippen molar-refractivity contribution in [2.24, 2.45) is 7.05 Å². The van der Waals surface area contributed by atoms with Crippen LogP contribution in [0.5, 0.6) is 0 Å². The van der Waals surface area contributed by atoms with Gasteiger partial charge in [-0.15, -0.1) is 11.3 Å². The number of aryl methyl sites for hydroxylation is 3. The zero-order valence-electron chi connectivity index (χ0n) is 10.5. The lowest BCUT2D eigenvalue weighted by Crippen LogP contribution is -2.15. The minimum atomic E-state index is -0.0852. The smallest absolute Gasteiger partial charge is 0.274 e. The highest BCUT2D eigenvalue weighted by molar-refractivity contribution is 7.15. The molecule has 0 spiro atoms. The van der Waals surface area contributed by atoms with Crippen LogP contribution in [-0.4, -0.2) is 15.5 Å². The summed E-state index contributed by atoms with van der Waals surface area (Å²) in [5, 5.41) is 3.61. The number of rotatable bonds is 2. The summed E-state index contributed by atoms with van der Waals surface area (Å²) in [6, 6.07) is 3.78. The van der Waals surface area contributed by atoms with Crippen LogP contribution in [0.4, 0.5) is 5.13 Å². The van der Waals surface area contributed by atoms with E-state index in [4.69, 9.17) is 0 Å². The zero-order valence-corrected chi connectivity index (χ0v) is 11.3. The van der Waals surface area contributed by atoms with E-state index < -0.39 is 0 Å². The Labute approximate surface area is 110 Å². The van der Waals surface area contributed by atoms with Gasteiger partial charge in [0.25, 0.3) is 5.91 Å². The van der Waals surface area contributed by atoms with Gasteiger partial charge in [0.2, 0.25) is 0 Å². The summed E-state index contributed by atoms with van der Waals surface area (Å²) >= 11 is 1.61. The van der Waals surface area contributed by atoms with Crippen molar-refractivity contribution in [1.29, 1.82) is 0 Å². The Kier molecular flexibility index (Phi) is 2.70. The molecule has 4 nitrogen and oxygen atoms in total. The first-order valence-electron chi connectivity index (χ1n) is 6.07. The fourth-order valence-corrected chi connectivity index (χ4v) is 3.29. The average Bonchev–Trinajstić information content (AvgIpc) is 2.96. The topological polar surface area (TPSA) is 46.9 Å². The number of fused-ring (bicyclic) bond motifs is 1. The maximum absolute atomic E-state index is 12.1. The first kappa shape index (κ1) is 11.5. The lowest BCUT2D eigenvalue weighted by atomic mass is 10.4. The predicted octanol–water partition coefficient (Wildman–Crippen LogP) is 2.53. The van der Waals surface area contributed by atoms with Gasteiger partial charge in [-0.2, -0.15) is 0 Å². The van der Waals surface area contributed by atoms with E-state index in [-0.39, 0.29) is 5.91 Å². The van der Waals surface area contributed by atoms with Crippen LogP contribution in [0.3, 0.4) is 0 Å². The summed E-state index contributed by atoms with van der Waals surface area (Å²) in [4.78, 5) is 17.9. The number of amides is 1. The van der Waals surface area contributed by atoms with Gasteiger partial charge in [-0.05, 0) is 38.3 Å². The van der Waals surface area contributed by atoms with Crippen LogP contribution in [0.15, 0.2) is 12.1 Å². The van der Waals surface area contributed by atoms with Gasteiger partial charge in [-0.1, -0.05) is 0 Å². The molecule has 18 heavy (non-hydrogen) atoms. The lowest BCUT2D eigenvalue weighted by molar-refractivity contribution is 0.101. The Morgan fingerprint density at radius 3 is 2.94 bits per heavy atom. The Morgan fingerprint density at radius 2 is 2.28 bits per heavy atom. The molecule has 2 aromatic heterocycles. The molecule has 1 N–H and O–H groups in total. The Bertz CT molecular complexity index is 590. The third kappa shape index (κ3) is 1.84. The predicted molar refractivity (Wildman–Crippen MR) is 72.2 cm³/mol. The van der Waals surface area contributed by atoms with Gasteiger partial charge in [0.15, 0.2) is 5.13 Å². The van der Waals surface area contributed by atoms with E-state index in [1.807, 2.05) is 30.7 Å². The lowest BCUT2D eigenvalue weighted by Gasteiger charge is -2.04. The van der Waals surface area contributed by atoms with Crippen molar-refractivity contribution in [2.75, 3.05) is 5.32 Å². The summed E-state index contributed by atoms with van der Waals surface area (Å²) in [7, 11) is 1.89. The molecule has 0 bridgehead atoms. The van der Waals surface area contributed by atoms with Gasteiger partial charge in [0.05, 0.1) is 5.69 Å². The molecule has 1 amide bonds. The Balaban J connectivity index is 1.80. The summed E-state index contributed by atoms with van der Waals surface area (Å²) in [5.41, 5.74) is 2.91. The second-order valence-electron chi connectivity index (χ2n) is 4.62. The molecule has 0 saturated carbocycles. The van der Waals surface area contributed by atoms with E-state index in [1.54, 1.807) is 11.3 Å². The van der Waals surface area contributed by atoms with E-state index in [0.717, 1.165) is 23.7 Å². The fraction of sp³-hybridized carbons (Fsp3) is 0.385. The summed E-state index contributed by atoms with van der Waals surface area (Å²) in [6.07, 6.45) is 3.34. The van der Waals surface area contributed by atoms with Crippen molar-refractivity contribution in [1.82, 2.24) is 9.55 Å². The third-order valence-electron chi connectivity index (χ3n) is 3.42. The van der Waals surface area contributed by atoms with Crippen LogP contribution < -0.4 is 5.32 Å². The number of carbonyl (C=O) groups is 1. The largest absolute Gasteiger partial charge is 0.344 e. The van der Waals surface area contributed by atoms with Crippen molar-refractivity contribution in [3.8, 4) is 0 Å². The van der Waals surface area contributed by atoms with Crippen LogP contribution in [0.25, 0.3) is 0 Å². The molecule has 0 aromatic carbocycles. The average molecular weight is 261 g/mol. The maximum Gasteiger partial charge on any atom is 0.274 e. The summed E-state index contributed by atoms with van der Waals surface area (Å²) in [5.74, 6) is -0.0852. The Hall–Kier alpha value is -1.62. The van der Waals surface area contributed by atoms with E-state index in [2.05, 4.69) is 10.3 Å². The first-order chi connectivity index (χ1) is 8.65. The third-order valence-corrected chi connectivity index (χ3v) is 4.49. The molecule has 94 valence electrons. The number of nitrogens with one attached hydrogen (secondary N) is 1. The zero-order chi connectivity index (χ0) is 12.7. The molecule has 5 heteroatoms. The van der Waals surface area contributed by atoms with E-state index in [0.29, 0.717) is 5.69 Å². The number of carbonyl (C=O) groups excluding carboxylic acids is 1. The molecule has 0 unspecified atom stereocenters. The second kappa shape index (κ2) is 4.24. The first-order valence-corrected chi connectivity index (χ1v) is 6.89. The molecular formula is C13H15N3OS. The molecule has 0 saturated heterocycles. The second-order valence-corrected chi connectivity index (χ2v) is 5.70. The number of aromatic nitrogens is 2. The van der Waals surface area contributed by atoms with Gasteiger partial charge < -0.3 is 4.57 Å². The highest BCUT2D eigenvalue weighted by atomic mass is 32.1. The molecule has 1 aliphatic rings. The number of anilines is 1. The van der Waals surface area contributed by atoms with E-state index in [9.17, 15) is 4.79 Å². The number of nitrogens with zero attached hydrogens (tertiary/aromatic N) is 2. The minimum Gasteiger partial charge on any atom is -0.344 e. The maximum atomic E-state index is 12.1. The number of thiazole rings is 1. The highest BCUT2D eigenvalue weighted by Gasteiger charge is 2.19. The van der Waals surface area contributed by atoms with E-state index >= 15 is 0 Å². The summed E-state index contributed by atoms with van der Waals surface area (Å²) < 4.78 is 1.89. The monoisotopic (exact) mass is 261 g/mol. The van der Waals surface area contributed by atoms with Crippen LogP contribution in [0, 0.1) is 6.92 Å². The minimum absolute atomic E-state index is 0.0852. The van der Waals surface area contributed by atoms with Gasteiger partial charge in [-0.25, -0.2) is 4.98 Å². The molecule has 0 fully saturated rings. The van der Waals surface area contributed by atoms with E-state index in [1.165, 1.54) is 17.0 Å². The SMILES string of the molecule is Cc1ccc(C(=O)Nc2nc3c(s2)CCC3)n1C. The van der Waals surface area contributed by atoms with Crippen molar-refractivity contribution >= 4 is 22.4 Å². The molecular weight excluding hydrogens is 246 g/mol. The van der Waals surface area contributed by atoms with Crippen molar-refractivity contribution < 1.29 is 4.79 Å². The molecule has 2 heterocycles. The molecule has 0 atom stereocenters. The standard InChI is InChI=1S/C13H15N3OS/c1-8-6-7-10(16(8)2)12(17)15-13-14-9-4-3-5-11(9)18-13/h6-7H,3-5H2,1-2H3,(H,14,15,17).